The Hall–Kier alpha value is -2.74. The molecule has 3 rings (SSSR count). The molecular weight excluding hydrogens is 292 g/mol. The summed E-state index contributed by atoms with van der Waals surface area (Å²) in [7, 11) is 0. The number of hydrogen-bond acceptors (Lipinski definition) is 2. The van der Waals surface area contributed by atoms with E-state index < -0.39 is 0 Å². The fourth-order valence-corrected chi connectivity index (χ4v) is 2.85. The molecule has 0 saturated heterocycles. The molecule has 0 spiro atoms. The molecule has 0 aromatic heterocycles. The van der Waals surface area contributed by atoms with E-state index in [1.54, 1.807) is 0 Å². The van der Waals surface area contributed by atoms with E-state index in [0.29, 0.717) is 0 Å². The summed E-state index contributed by atoms with van der Waals surface area (Å²) in [5.41, 5.74) is 4.81. The van der Waals surface area contributed by atoms with Crippen molar-refractivity contribution in [3.05, 3.63) is 96.1 Å². The summed E-state index contributed by atoms with van der Waals surface area (Å²) in [4.78, 5) is 0. The Morgan fingerprint density at radius 3 is 1.21 bits per heavy atom. The number of nitrogens with one attached hydrogen (secondary N) is 2. The standard InChI is InChI=1S/C22H24N2/c1-17(19-11-5-3-6-12-19)23-21-15-9-10-16-22(21)24-18(2)20-13-7-4-8-14-20/h3-18,23-24H,1-2H3. The molecule has 2 nitrogen and oxygen atoms in total. The van der Waals surface area contributed by atoms with E-state index in [-0.39, 0.29) is 12.1 Å². The van der Waals surface area contributed by atoms with Crippen LogP contribution in [0.15, 0.2) is 84.9 Å². The third-order valence-corrected chi connectivity index (χ3v) is 4.27. The first-order valence-electron chi connectivity index (χ1n) is 8.46. The second-order valence-electron chi connectivity index (χ2n) is 6.10. The normalized spacial score (nSPS) is 13.1. The first kappa shape index (κ1) is 16.1. The number of para-hydroxylation sites is 2. The smallest absolute Gasteiger partial charge is 0.0580 e. The van der Waals surface area contributed by atoms with Crippen LogP contribution in [0, 0.1) is 0 Å². The van der Waals surface area contributed by atoms with Crippen LogP contribution < -0.4 is 10.6 Å². The van der Waals surface area contributed by atoms with Crippen LogP contribution in [0.3, 0.4) is 0 Å². The van der Waals surface area contributed by atoms with Gasteiger partial charge in [0.25, 0.3) is 0 Å². The van der Waals surface area contributed by atoms with Gasteiger partial charge in [-0.05, 0) is 37.1 Å². The number of hydrogen-bond donors (Lipinski definition) is 2. The second-order valence-corrected chi connectivity index (χ2v) is 6.10. The van der Waals surface area contributed by atoms with Gasteiger partial charge in [-0.3, -0.25) is 0 Å². The van der Waals surface area contributed by atoms with Crippen molar-refractivity contribution in [1.82, 2.24) is 0 Å². The summed E-state index contributed by atoms with van der Waals surface area (Å²) in [6.07, 6.45) is 0. The molecule has 0 amide bonds. The van der Waals surface area contributed by atoms with Gasteiger partial charge in [-0.2, -0.15) is 0 Å². The average molecular weight is 316 g/mol. The van der Waals surface area contributed by atoms with Crippen molar-refractivity contribution in [2.45, 2.75) is 25.9 Å². The number of rotatable bonds is 6. The van der Waals surface area contributed by atoms with Gasteiger partial charge in [-0.25, -0.2) is 0 Å². The SMILES string of the molecule is CC(Nc1ccccc1NC(C)c1ccccc1)c1ccccc1. The first-order chi connectivity index (χ1) is 11.7. The quantitative estimate of drug-likeness (QED) is 0.580. The van der Waals surface area contributed by atoms with Gasteiger partial charge in [0.2, 0.25) is 0 Å². The lowest BCUT2D eigenvalue weighted by Crippen LogP contribution is -2.11. The molecule has 2 atom stereocenters. The van der Waals surface area contributed by atoms with Crippen LogP contribution >= 0.6 is 0 Å². The van der Waals surface area contributed by atoms with E-state index in [9.17, 15) is 0 Å². The van der Waals surface area contributed by atoms with Crippen molar-refractivity contribution < 1.29 is 0 Å². The molecule has 0 aliphatic heterocycles. The van der Waals surface area contributed by atoms with E-state index in [1.165, 1.54) is 11.1 Å². The molecule has 0 aliphatic carbocycles. The Balaban J connectivity index is 1.76. The second kappa shape index (κ2) is 7.69. The largest absolute Gasteiger partial charge is 0.377 e. The fourth-order valence-electron chi connectivity index (χ4n) is 2.85. The molecule has 2 N–H and O–H groups in total. The van der Waals surface area contributed by atoms with E-state index in [2.05, 4.69) is 97.3 Å². The van der Waals surface area contributed by atoms with E-state index in [4.69, 9.17) is 0 Å². The monoisotopic (exact) mass is 316 g/mol. The molecule has 122 valence electrons. The van der Waals surface area contributed by atoms with Crippen molar-refractivity contribution in [2.75, 3.05) is 10.6 Å². The summed E-state index contributed by atoms with van der Waals surface area (Å²) in [6.45, 7) is 4.37. The highest BCUT2D eigenvalue weighted by molar-refractivity contribution is 5.69. The lowest BCUT2D eigenvalue weighted by atomic mass is 10.1. The minimum absolute atomic E-state index is 0.251. The van der Waals surface area contributed by atoms with Gasteiger partial charge in [-0.1, -0.05) is 72.8 Å². The number of anilines is 2. The molecule has 0 bridgehead atoms. The summed E-state index contributed by atoms with van der Waals surface area (Å²) in [5, 5.41) is 7.24. The molecular formula is C22H24N2. The van der Waals surface area contributed by atoms with E-state index >= 15 is 0 Å². The Morgan fingerprint density at radius 2 is 0.833 bits per heavy atom. The van der Waals surface area contributed by atoms with Crippen LogP contribution in [0.2, 0.25) is 0 Å². The van der Waals surface area contributed by atoms with Crippen molar-refractivity contribution in [1.29, 1.82) is 0 Å². The Labute approximate surface area is 144 Å². The molecule has 0 saturated carbocycles. The van der Waals surface area contributed by atoms with Gasteiger partial charge in [0, 0.05) is 12.1 Å². The highest BCUT2D eigenvalue weighted by atomic mass is 15.0. The van der Waals surface area contributed by atoms with Crippen LogP contribution in [0.5, 0.6) is 0 Å². The van der Waals surface area contributed by atoms with Gasteiger partial charge in [-0.15, -0.1) is 0 Å². The Morgan fingerprint density at radius 1 is 0.500 bits per heavy atom. The van der Waals surface area contributed by atoms with Crippen molar-refractivity contribution in [3.63, 3.8) is 0 Å². The molecule has 0 heterocycles. The van der Waals surface area contributed by atoms with Crippen LogP contribution in [0.25, 0.3) is 0 Å². The Kier molecular flexibility index (Phi) is 5.17. The third kappa shape index (κ3) is 3.96. The van der Waals surface area contributed by atoms with Crippen LogP contribution in [0.1, 0.15) is 37.1 Å². The van der Waals surface area contributed by atoms with Crippen LogP contribution in [-0.4, -0.2) is 0 Å². The average Bonchev–Trinajstić information content (AvgIpc) is 2.64. The van der Waals surface area contributed by atoms with E-state index in [1.807, 2.05) is 12.1 Å². The van der Waals surface area contributed by atoms with Gasteiger partial charge in [0.15, 0.2) is 0 Å². The zero-order chi connectivity index (χ0) is 16.8. The molecule has 3 aromatic carbocycles. The minimum atomic E-state index is 0.251. The molecule has 24 heavy (non-hydrogen) atoms. The van der Waals surface area contributed by atoms with Crippen molar-refractivity contribution >= 4 is 11.4 Å². The third-order valence-electron chi connectivity index (χ3n) is 4.27. The van der Waals surface area contributed by atoms with Crippen LogP contribution in [-0.2, 0) is 0 Å². The summed E-state index contributed by atoms with van der Waals surface area (Å²) >= 11 is 0. The summed E-state index contributed by atoms with van der Waals surface area (Å²) in [5.74, 6) is 0. The van der Waals surface area contributed by atoms with E-state index in [0.717, 1.165) is 11.4 Å². The molecule has 3 aromatic rings. The highest BCUT2D eigenvalue weighted by Gasteiger charge is 2.10. The Bertz CT molecular complexity index is 687. The maximum atomic E-state index is 3.62. The van der Waals surface area contributed by atoms with Gasteiger partial charge < -0.3 is 10.6 Å². The topological polar surface area (TPSA) is 24.1 Å². The first-order valence-corrected chi connectivity index (χ1v) is 8.46. The number of benzene rings is 3. The van der Waals surface area contributed by atoms with Gasteiger partial charge in [0.05, 0.1) is 11.4 Å². The zero-order valence-corrected chi connectivity index (χ0v) is 14.2. The molecule has 0 fully saturated rings. The highest BCUT2D eigenvalue weighted by Crippen LogP contribution is 2.29. The maximum Gasteiger partial charge on any atom is 0.0580 e. The van der Waals surface area contributed by atoms with Gasteiger partial charge >= 0.3 is 0 Å². The molecule has 0 radical (unpaired) electrons. The minimum Gasteiger partial charge on any atom is -0.377 e. The predicted octanol–water partition coefficient (Wildman–Crippen LogP) is 6.03. The predicted molar refractivity (Wildman–Crippen MR) is 103 cm³/mol. The lowest BCUT2D eigenvalue weighted by Gasteiger charge is -2.22. The van der Waals surface area contributed by atoms with Crippen LogP contribution in [0.4, 0.5) is 11.4 Å². The fraction of sp³-hybridized carbons (Fsp3) is 0.182. The lowest BCUT2D eigenvalue weighted by molar-refractivity contribution is 0.869. The summed E-state index contributed by atoms with van der Waals surface area (Å²) < 4.78 is 0. The van der Waals surface area contributed by atoms with Crippen molar-refractivity contribution in [2.24, 2.45) is 0 Å². The van der Waals surface area contributed by atoms with Gasteiger partial charge in [0.1, 0.15) is 0 Å². The molecule has 2 unspecified atom stereocenters. The maximum absolute atomic E-state index is 3.62. The molecule has 0 aliphatic rings. The van der Waals surface area contributed by atoms with Crippen molar-refractivity contribution in [3.8, 4) is 0 Å². The summed E-state index contributed by atoms with van der Waals surface area (Å²) in [6, 6.07) is 29.9. The molecule has 2 heteroatoms. The zero-order valence-electron chi connectivity index (χ0n) is 14.2.